The molecule has 0 aliphatic carbocycles. The minimum atomic E-state index is -0.539. The molecule has 1 N–H and O–H groups in total. The Balaban J connectivity index is 2.04. The number of aromatic nitrogens is 1. The van der Waals surface area contributed by atoms with E-state index >= 15 is 0 Å². The predicted molar refractivity (Wildman–Crippen MR) is 65.4 cm³/mol. The van der Waals surface area contributed by atoms with E-state index in [0.717, 1.165) is 11.6 Å². The van der Waals surface area contributed by atoms with E-state index in [1.54, 1.807) is 12.4 Å². The van der Waals surface area contributed by atoms with Crippen LogP contribution in [-0.2, 0) is 0 Å². The summed E-state index contributed by atoms with van der Waals surface area (Å²) >= 11 is 0. The number of fused-ring (bicyclic) bond motifs is 1. The van der Waals surface area contributed by atoms with Crippen LogP contribution in [0.25, 0.3) is 0 Å². The number of halogens is 2. The third-order valence-corrected chi connectivity index (χ3v) is 3.42. The summed E-state index contributed by atoms with van der Waals surface area (Å²) in [5.41, 5.74) is 2.06. The maximum atomic E-state index is 13.7. The van der Waals surface area contributed by atoms with Crippen LogP contribution in [0.3, 0.4) is 0 Å². The van der Waals surface area contributed by atoms with Gasteiger partial charge in [-0.1, -0.05) is 13.0 Å². The number of hydrogen-bond acceptors (Lipinski definition) is 2. The van der Waals surface area contributed by atoms with Gasteiger partial charge in [0.1, 0.15) is 11.6 Å². The number of anilines is 1. The highest BCUT2D eigenvalue weighted by Gasteiger charge is 2.32. The largest absolute Gasteiger partial charge is 0.375 e. The highest BCUT2D eigenvalue weighted by Crippen LogP contribution is 2.44. The SMILES string of the molecule is CC1c2cc(F)cc(F)c2NC1c1cccnc1. The molecule has 0 radical (unpaired) electrons. The van der Waals surface area contributed by atoms with Gasteiger partial charge in [-0.05, 0) is 23.3 Å². The summed E-state index contributed by atoms with van der Waals surface area (Å²) in [5.74, 6) is -1.07. The van der Waals surface area contributed by atoms with Crippen LogP contribution >= 0.6 is 0 Å². The van der Waals surface area contributed by atoms with Gasteiger partial charge in [0.25, 0.3) is 0 Å². The Bertz CT molecular complexity index is 584. The van der Waals surface area contributed by atoms with Gasteiger partial charge in [-0.15, -0.1) is 0 Å². The Morgan fingerprint density at radius 1 is 1.28 bits per heavy atom. The monoisotopic (exact) mass is 246 g/mol. The molecule has 0 bridgehead atoms. The molecule has 2 nitrogen and oxygen atoms in total. The second-order valence-corrected chi connectivity index (χ2v) is 4.55. The lowest BCUT2D eigenvalue weighted by atomic mass is 9.93. The molecule has 18 heavy (non-hydrogen) atoms. The van der Waals surface area contributed by atoms with Crippen LogP contribution in [-0.4, -0.2) is 4.98 Å². The molecule has 0 fully saturated rings. The molecule has 0 amide bonds. The van der Waals surface area contributed by atoms with Crippen LogP contribution in [0.1, 0.15) is 30.0 Å². The third-order valence-electron chi connectivity index (χ3n) is 3.42. The Labute approximate surface area is 104 Å². The second-order valence-electron chi connectivity index (χ2n) is 4.55. The number of pyridine rings is 1. The Hall–Kier alpha value is -1.97. The van der Waals surface area contributed by atoms with Crippen molar-refractivity contribution < 1.29 is 8.78 Å². The van der Waals surface area contributed by atoms with Gasteiger partial charge in [0.15, 0.2) is 0 Å². The van der Waals surface area contributed by atoms with Crippen molar-refractivity contribution in [3.8, 4) is 0 Å². The summed E-state index contributed by atoms with van der Waals surface area (Å²) in [6.45, 7) is 1.95. The first-order valence-corrected chi connectivity index (χ1v) is 5.82. The van der Waals surface area contributed by atoms with Crippen LogP contribution < -0.4 is 5.32 Å². The van der Waals surface area contributed by atoms with Crippen molar-refractivity contribution in [1.82, 2.24) is 4.98 Å². The van der Waals surface area contributed by atoms with Crippen LogP contribution in [0.2, 0.25) is 0 Å². The second kappa shape index (κ2) is 4.05. The quantitative estimate of drug-likeness (QED) is 0.831. The summed E-state index contributed by atoms with van der Waals surface area (Å²) in [4.78, 5) is 4.06. The molecule has 3 rings (SSSR count). The van der Waals surface area contributed by atoms with Crippen molar-refractivity contribution in [1.29, 1.82) is 0 Å². The van der Waals surface area contributed by atoms with Crippen molar-refractivity contribution in [2.24, 2.45) is 0 Å². The maximum absolute atomic E-state index is 13.7. The number of benzene rings is 1. The molecule has 1 aliphatic heterocycles. The van der Waals surface area contributed by atoms with Gasteiger partial charge in [0.05, 0.1) is 11.7 Å². The molecule has 2 aromatic rings. The molecule has 2 atom stereocenters. The first-order valence-electron chi connectivity index (χ1n) is 5.82. The van der Waals surface area contributed by atoms with E-state index in [0.29, 0.717) is 11.3 Å². The molecule has 0 spiro atoms. The lowest BCUT2D eigenvalue weighted by Crippen LogP contribution is -2.09. The first kappa shape index (κ1) is 11.1. The van der Waals surface area contributed by atoms with E-state index < -0.39 is 11.6 Å². The van der Waals surface area contributed by atoms with E-state index in [2.05, 4.69) is 10.3 Å². The molecular weight excluding hydrogens is 234 g/mol. The lowest BCUT2D eigenvalue weighted by Gasteiger charge is -2.16. The van der Waals surface area contributed by atoms with Crippen molar-refractivity contribution in [2.75, 3.05) is 5.32 Å². The molecule has 1 aromatic heterocycles. The molecule has 2 heterocycles. The topological polar surface area (TPSA) is 24.9 Å². The van der Waals surface area contributed by atoms with Crippen molar-refractivity contribution in [3.63, 3.8) is 0 Å². The summed E-state index contributed by atoms with van der Waals surface area (Å²) in [7, 11) is 0. The van der Waals surface area contributed by atoms with E-state index in [1.165, 1.54) is 6.07 Å². The van der Waals surface area contributed by atoms with Crippen LogP contribution in [0.15, 0.2) is 36.7 Å². The van der Waals surface area contributed by atoms with E-state index in [4.69, 9.17) is 0 Å². The van der Waals surface area contributed by atoms with Crippen molar-refractivity contribution in [2.45, 2.75) is 18.9 Å². The average molecular weight is 246 g/mol. The molecule has 1 aromatic carbocycles. The molecule has 4 heteroatoms. The van der Waals surface area contributed by atoms with Crippen LogP contribution in [0.4, 0.5) is 14.5 Å². The van der Waals surface area contributed by atoms with E-state index in [-0.39, 0.29) is 12.0 Å². The number of hydrogen-bond donors (Lipinski definition) is 1. The Morgan fingerprint density at radius 2 is 2.11 bits per heavy atom. The number of rotatable bonds is 1. The van der Waals surface area contributed by atoms with Gasteiger partial charge < -0.3 is 5.32 Å². The standard InChI is InChI=1S/C14H12F2N2/c1-8-11-5-10(15)6-12(16)14(11)18-13(8)9-3-2-4-17-7-9/h2-8,13,18H,1H3. The normalized spacial score (nSPS) is 21.5. The van der Waals surface area contributed by atoms with Gasteiger partial charge in [0.2, 0.25) is 0 Å². The van der Waals surface area contributed by atoms with E-state index in [1.807, 2.05) is 19.1 Å². The fourth-order valence-electron chi connectivity index (χ4n) is 2.50. The highest BCUT2D eigenvalue weighted by molar-refractivity contribution is 5.61. The zero-order valence-corrected chi connectivity index (χ0v) is 9.82. The maximum Gasteiger partial charge on any atom is 0.149 e. The average Bonchev–Trinajstić information content (AvgIpc) is 2.69. The highest BCUT2D eigenvalue weighted by atomic mass is 19.1. The predicted octanol–water partition coefficient (Wildman–Crippen LogP) is 3.63. The summed E-state index contributed by atoms with van der Waals surface area (Å²) < 4.78 is 26.9. The summed E-state index contributed by atoms with van der Waals surface area (Å²) in [6, 6.07) is 6.01. The van der Waals surface area contributed by atoms with Gasteiger partial charge in [-0.25, -0.2) is 8.78 Å². The first-order chi connectivity index (χ1) is 8.66. The van der Waals surface area contributed by atoms with Crippen molar-refractivity contribution >= 4 is 5.69 Å². The molecule has 0 saturated carbocycles. The fourth-order valence-corrected chi connectivity index (χ4v) is 2.50. The lowest BCUT2D eigenvalue weighted by molar-refractivity contribution is 0.583. The third kappa shape index (κ3) is 1.65. The Kier molecular flexibility index (Phi) is 2.51. The van der Waals surface area contributed by atoms with E-state index in [9.17, 15) is 8.78 Å². The van der Waals surface area contributed by atoms with Gasteiger partial charge >= 0.3 is 0 Å². The van der Waals surface area contributed by atoms with Gasteiger partial charge in [-0.2, -0.15) is 0 Å². The zero-order chi connectivity index (χ0) is 12.7. The molecule has 2 unspecified atom stereocenters. The van der Waals surface area contributed by atoms with Gasteiger partial charge in [-0.3, -0.25) is 4.98 Å². The zero-order valence-electron chi connectivity index (χ0n) is 9.82. The number of nitrogens with one attached hydrogen (secondary N) is 1. The Morgan fingerprint density at radius 3 is 2.83 bits per heavy atom. The van der Waals surface area contributed by atoms with Gasteiger partial charge in [0, 0.05) is 24.4 Å². The molecular formula is C14H12F2N2. The van der Waals surface area contributed by atoms with Crippen LogP contribution in [0.5, 0.6) is 0 Å². The van der Waals surface area contributed by atoms with Crippen LogP contribution in [0, 0.1) is 11.6 Å². The summed E-state index contributed by atoms with van der Waals surface area (Å²) in [5, 5.41) is 3.11. The number of nitrogens with zero attached hydrogens (tertiary/aromatic N) is 1. The van der Waals surface area contributed by atoms with Crippen molar-refractivity contribution in [3.05, 3.63) is 59.4 Å². The molecule has 0 saturated heterocycles. The summed E-state index contributed by atoms with van der Waals surface area (Å²) in [6.07, 6.45) is 3.44. The fraction of sp³-hybridized carbons (Fsp3) is 0.214. The smallest absolute Gasteiger partial charge is 0.149 e. The minimum Gasteiger partial charge on any atom is -0.375 e. The molecule has 1 aliphatic rings. The minimum absolute atomic E-state index is 0.00870. The molecule has 92 valence electrons.